The van der Waals surface area contributed by atoms with E-state index in [9.17, 15) is 4.39 Å². The molecule has 5 nitrogen and oxygen atoms in total. The molecular weight excluding hydrogens is 495 g/mol. The highest BCUT2D eigenvalue weighted by Gasteiger charge is 2.42. The van der Waals surface area contributed by atoms with E-state index in [-0.39, 0.29) is 17.9 Å². The summed E-state index contributed by atoms with van der Waals surface area (Å²) < 4.78 is 22.8. The lowest BCUT2D eigenvalue weighted by Gasteiger charge is -2.29. The number of aromatic nitrogens is 2. The molecule has 1 saturated heterocycles. The topological polar surface area (TPSA) is 42.3 Å². The van der Waals surface area contributed by atoms with Gasteiger partial charge in [0, 0.05) is 23.8 Å². The predicted octanol–water partition coefficient (Wildman–Crippen LogP) is 7.29. The third-order valence-electron chi connectivity index (χ3n) is 6.66. The van der Waals surface area contributed by atoms with Gasteiger partial charge in [-0.3, -0.25) is 4.98 Å². The van der Waals surface area contributed by atoms with Crippen LogP contribution in [-0.2, 0) is 0 Å². The molecule has 188 valence electrons. The molecule has 0 bridgehead atoms. The van der Waals surface area contributed by atoms with Crippen LogP contribution in [0.3, 0.4) is 0 Å². The van der Waals surface area contributed by atoms with Crippen molar-refractivity contribution in [3.63, 3.8) is 0 Å². The minimum atomic E-state index is -0.294. The smallest absolute Gasteiger partial charge is 0.174 e. The Kier molecular flexibility index (Phi) is 6.35. The van der Waals surface area contributed by atoms with Crippen molar-refractivity contribution < 1.29 is 9.13 Å². The quantitative estimate of drug-likeness (QED) is 0.238. The number of halogens is 1. The molecule has 7 heteroatoms. The van der Waals surface area contributed by atoms with Gasteiger partial charge in [0.15, 0.2) is 5.11 Å². The highest BCUT2D eigenvalue weighted by Crippen LogP contribution is 2.42. The maximum atomic E-state index is 14.9. The molecule has 1 aliphatic heterocycles. The first kappa shape index (κ1) is 23.9. The van der Waals surface area contributed by atoms with Gasteiger partial charge in [0.1, 0.15) is 23.4 Å². The maximum Gasteiger partial charge on any atom is 0.174 e. The lowest BCUT2D eigenvalue weighted by molar-refractivity contribution is 0.482. The molecule has 1 fully saturated rings. The van der Waals surface area contributed by atoms with Gasteiger partial charge in [-0.05, 0) is 91.9 Å². The van der Waals surface area contributed by atoms with Crippen LogP contribution in [-0.4, -0.2) is 14.7 Å². The summed E-state index contributed by atoms with van der Waals surface area (Å²) in [5.41, 5.74) is 4.28. The van der Waals surface area contributed by atoms with E-state index in [1.807, 2.05) is 103 Å². The molecule has 1 aliphatic rings. The van der Waals surface area contributed by atoms with Crippen LogP contribution in [0.15, 0.2) is 116 Å². The summed E-state index contributed by atoms with van der Waals surface area (Å²) in [6.07, 6.45) is 3.65. The summed E-state index contributed by atoms with van der Waals surface area (Å²) >= 11 is 5.86. The number of thiocarbonyl (C=S) groups is 1. The zero-order valence-electron chi connectivity index (χ0n) is 20.7. The van der Waals surface area contributed by atoms with Gasteiger partial charge < -0.3 is 19.5 Å². The van der Waals surface area contributed by atoms with Crippen LogP contribution in [0.1, 0.15) is 29.0 Å². The molecule has 0 radical (unpaired) electrons. The van der Waals surface area contributed by atoms with Crippen LogP contribution in [0.25, 0.3) is 5.69 Å². The molecule has 0 aliphatic carbocycles. The SMILES string of the molecule is Cc1ccc(Oc2ccc(N3C(=S)NC(c4ccccn4)C3c3cccn3-c3ccccc3F)cc2)cc1. The van der Waals surface area contributed by atoms with E-state index in [0.29, 0.717) is 10.8 Å². The van der Waals surface area contributed by atoms with Gasteiger partial charge in [-0.2, -0.15) is 0 Å². The highest BCUT2D eigenvalue weighted by molar-refractivity contribution is 7.80. The van der Waals surface area contributed by atoms with Crippen molar-refractivity contribution in [2.45, 2.75) is 19.0 Å². The first-order valence-corrected chi connectivity index (χ1v) is 12.8. The zero-order valence-corrected chi connectivity index (χ0v) is 21.5. The lowest BCUT2D eigenvalue weighted by Crippen LogP contribution is -2.30. The molecule has 0 saturated carbocycles. The number of rotatable bonds is 6. The van der Waals surface area contributed by atoms with Crippen molar-refractivity contribution in [2.24, 2.45) is 0 Å². The van der Waals surface area contributed by atoms with Crippen LogP contribution in [0.2, 0.25) is 0 Å². The number of ether oxygens (including phenoxy) is 1. The van der Waals surface area contributed by atoms with Crippen molar-refractivity contribution in [3.8, 4) is 17.2 Å². The molecule has 3 aromatic carbocycles. The van der Waals surface area contributed by atoms with Gasteiger partial charge in [0.05, 0.1) is 17.4 Å². The Bertz CT molecular complexity index is 1570. The van der Waals surface area contributed by atoms with E-state index < -0.39 is 0 Å². The standard InChI is InChI=1S/C31H25FN4OS/c1-21-11-15-23(16-12-21)37-24-17-13-22(14-18-24)36-30(29(34-31(36)38)26-8-4-5-19-33-26)28-10-6-20-35(28)27-9-3-2-7-25(27)32/h2-20,29-30H,1H3,(H,34,38). The Morgan fingerprint density at radius 3 is 2.26 bits per heavy atom. The molecule has 6 rings (SSSR count). The number of para-hydroxylation sites is 1. The largest absolute Gasteiger partial charge is 0.457 e. The molecule has 5 aromatic rings. The number of nitrogens with one attached hydrogen (secondary N) is 1. The first-order valence-electron chi connectivity index (χ1n) is 12.4. The molecular formula is C31H25FN4OS. The minimum Gasteiger partial charge on any atom is -0.457 e. The average molecular weight is 521 g/mol. The summed E-state index contributed by atoms with van der Waals surface area (Å²) in [5, 5.41) is 4.04. The lowest BCUT2D eigenvalue weighted by atomic mass is 10.0. The van der Waals surface area contributed by atoms with Crippen LogP contribution in [0, 0.1) is 12.7 Å². The molecule has 2 atom stereocenters. The molecule has 38 heavy (non-hydrogen) atoms. The van der Waals surface area contributed by atoms with Crippen molar-refractivity contribution in [2.75, 3.05) is 4.90 Å². The Morgan fingerprint density at radius 2 is 1.55 bits per heavy atom. The second-order valence-electron chi connectivity index (χ2n) is 9.16. The van der Waals surface area contributed by atoms with E-state index in [1.54, 1.807) is 18.3 Å². The highest BCUT2D eigenvalue weighted by atomic mass is 32.1. The number of benzene rings is 3. The van der Waals surface area contributed by atoms with Crippen molar-refractivity contribution in [1.82, 2.24) is 14.9 Å². The summed E-state index contributed by atoms with van der Waals surface area (Å²) in [6.45, 7) is 2.04. The molecule has 0 spiro atoms. The summed E-state index contributed by atoms with van der Waals surface area (Å²) in [7, 11) is 0. The van der Waals surface area contributed by atoms with Crippen molar-refractivity contribution >= 4 is 23.0 Å². The average Bonchev–Trinajstić information content (AvgIpc) is 3.55. The van der Waals surface area contributed by atoms with Gasteiger partial charge in [0.2, 0.25) is 0 Å². The predicted molar refractivity (Wildman–Crippen MR) is 151 cm³/mol. The second-order valence-corrected chi connectivity index (χ2v) is 9.55. The number of hydrogen-bond donors (Lipinski definition) is 1. The fourth-order valence-electron chi connectivity index (χ4n) is 4.85. The van der Waals surface area contributed by atoms with Crippen LogP contribution >= 0.6 is 12.2 Å². The first-order chi connectivity index (χ1) is 18.6. The third kappa shape index (κ3) is 4.53. The minimum absolute atomic E-state index is 0.243. The van der Waals surface area contributed by atoms with E-state index in [4.69, 9.17) is 17.0 Å². The third-order valence-corrected chi connectivity index (χ3v) is 6.98. The van der Waals surface area contributed by atoms with Gasteiger partial charge in [-0.1, -0.05) is 35.9 Å². The number of nitrogens with zero attached hydrogens (tertiary/aromatic N) is 3. The van der Waals surface area contributed by atoms with Crippen molar-refractivity contribution in [1.29, 1.82) is 0 Å². The second kappa shape index (κ2) is 10.1. The van der Waals surface area contributed by atoms with Gasteiger partial charge in [-0.15, -0.1) is 0 Å². The van der Waals surface area contributed by atoms with Crippen LogP contribution < -0.4 is 15.0 Å². The number of pyridine rings is 1. The molecule has 1 N–H and O–H groups in total. The van der Waals surface area contributed by atoms with E-state index >= 15 is 0 Å². The zero-order chi connectivity index (χ0) is 26.1. The van der Waals surface area contributed by atoms with E-state index in [2.05, 4.69) is 15.2 Å². The Balaban J connectivity index is 1.40. The summed E-state index contributed by atoms with van der Waals surface area (Å²) in [5.74, 6) is 1.21. The number of hydrogen-bond acceptors (Lipinski definition) is 3. The molecule has 2 unspecified atom stereocenters. The maximum absolute atomic E-state index is 14.9. The van der Waals surface area contributed by atoms with Gasteiger partial charge >= 0.3 is 0 Å². The molecule has 3 heterocycles. The van der Waals surface area contributed by atoms with Gasteiger partial charge in [0.25, 0.3) is 0 Å². The van der Waals surface area contributed by atoms with Crippen LogP contribution in [0.5, 0.6) is 11.5 Å². The van der Waals surface area contributed by atoms with E-state index in [0.717, 1.165) is 28.6 Å². The fourth-order valence-corrected chi connectivity index (χ4v) is 5.20. The summed E-state index contributed by atoms with van der Waals surface area (Å²) in [4.78, 5) is 6.68. The van der Waals surface area contributed by atoms with Crippen LogP contribution in [0.4, 0.5) is 10.1 Å². The van der Waals surface area contributed by atoms with Gasteiger partial charge in [-0.25, -0.2) is 4.39 Å². The molecule has 2 aromatic heterocycles. The Labute approximate surface area is 226 Å². The number of aryl methyl sites for hydroxylation is 1. The Morgan fingerprint density at radius 1 is 0.842 bits per heavy atom. The summed E-state index contributed by atoms with van der Waals surface area (Å²) in [6, 6.07) is 31.8. The molecule has 0 amide bonds. The number of anilines is 1. The normalized spacial score (nSPS) is 16.9. The van der Waals surface area contributed by atoms with Crippen molar-refractivity contribution in [3.05, 3.63) is 138 Å². The van der Waals surface area contributed by atoms with E-state index in [1.165, 1.54) is 11.6 Å². The fraction of sp³-hybridized carbons (Fsp3) is 0.0968. The monoisotopic (exact) mass is 520 g/mol. The Hall–Kier alpha value is -4.49.